The first kappa shape index (κ1) is 43.7. The van der Waals surface area contributed by atoms with Crippen LogP contribution in [0.2, 0.25) is 5.02 Å². The summed E-state index contributed by atoms with van der Waals surface area (Å²) in [6, 6.07) is 22.3. The molecule has 0 aliphatic carbocycles. The molecular formula is C47H49ClN8O6S. The van der Waals surface area contributed by atoms with Gasteiger partial charge in [-0.2, -0.15) is 0 Å². The van der Waals surface area contributed by atoms with Crippen molar-refractivity contribution in [3.8, 4) is 21.9 Å². The number of benzene rings is 3. The van der Waals surface area contributed by atoms with Gasteiger partial charge in [-0.25, -0.2) is 4.98 Å². The normalized spacial score (nSPS) is 14.0. The predicted octanol–water partition coefficient (Wildman–Crippen LogP) is 8.23. The molecule has 0 fully saturated rings. The van der Waals surface area contributed by atoms with Gasteiger partial charge in [0, 0.05) is 50.7 Å². The molecule has 63 heavy (non-hydrogen) atoms. The number of aryl methyl sites for hydroxylation is 3. The fraction of sp³-hybridized carbons (Fsp3) is 0.319. The Balaban J connectivity index is 0.724. The van der Waals surface area contributed by atoms with Crippen molar-refractivity contribution >= 4 is 57.7 Å². The molecule has 326 valence electrons. The Morgan fingerprint density at radius 2 is 1.57 bits per heavy atom. The quantitative estimate of drug-likeness (QED) is 0.0676. The van der Waals surface area contributed by atoms with Gasteiger partial charge in [0.2, 0.25) is 11.8 Å². The number of hydrogen-bond donors (Lipinski definition) is 3. The third-order valence-corrected chi connectivity index (χ3v) is 12.3. The number of hydrogen-bond acceptors (Lipinski definition) is 12. The van der Waals surface area contributed by atoms with Crippen LogP contribution in [0.3, 0.4) is 0 Å². The molecule has 3 aromatic heterocycles. The number of pyridine rings is 1. The maximum absolute atomic E-state index is 13.5. The summed E-state index contributed by atoms with van der Waals surface area (Å²) < 4.78 is 25.0. The van der Waals surface area contributed by atoms with Gasteiger partial charge < -0.3 is 34.9 Å². The molecule has 8 rings (SSSR count). The largest absolute Gasteiger partial charge is 0.491 e. The Hall–Kier alpha value is -5.97. The van der Waals surface area contributed by atoms with Crippen molar-refractivity contribution in [2.45, 2.75) is 46.6 Å². The van der Waals surface area contributed by atoms with E-state index in [2.05, 4.69) is 58.0 Å². The summed E-state index contributed by atoms with van der Waals surface area (Å²) in [5, 5.41) is 19.8. The van der Waals surface area contributed by atoms with Crippen molar-refractivity contribution in [2.75, 3.05) is 68.7 Å². The fourth-order valence-electron chi connectivity index (χ4n) is 7.60. The van der Waals surface area contributed by atoms with E-state index < -0.39 is 6.04 Å². The summed E-state index contributed by atoms with van der Waals surface area (Å²) in [6.45, 7) is 11.8. The molecule has 3 aromatic carbocycles. The zero-order valence-corrected chi connectivity index (χ0v) is 37.2. The minimum Gasteiger partial charge on any atom is -0.491 e. The van der Waals surface area contributed by atoms with Gasteiger partial charge in [-0.15, -0.1) is 21.5 Å². The highest BCUT2D eigenvalue weighted by atomic mass is 35.5. The lowest BCUT2D eigenvalue weighted by atomic mass is 9.98. The summed E-state index contributed by atoms with van der Waals surface area (Å²) in [5.41, 5.74) is 9.50. The highest BCUT2D eigenvalue weighted by molar-refractivity contribution is 7.15. The van der Waals surface area contributed by atoms with Crippen molar-refractivity contribution in [2.24, 2.45) is 4.99 Å². The lowest BCUT2D eigenvalue weighted by Gasteiger charge is -2.15. The average Bonchev–Trinajstić information content (AvgIpc) is 3.91. The van der Waals surface area contributed by atoms with Gasteiger partial charge >= 0.3 is 0 Å². The maximum atomic E-state index is 13.5. The van der Waals surface area contributed by atoms with Crippen LogP contribution in [0.15, 0.2) is 84.0 Å². The van der Waals surface area contributed by atoms with Gasteiger partial charge in [0.15, 0.2) is 5.82 Å². The van der Waals surface area contributed by atoms with Crippen LogP contribution in [0.25, 0.3) is 16.1 Å². The second kappa shape index (κ2) is 20.0. The molecule has 3 N–H and O–H groups in total. The number of fused-ring (bicyclic) bond motifs is 4. The number of anilines is 3. The number of carbonyl (C=O) groups is 2. The second-order valence-corrected chi connectivity index (χ2v) is 16.9. The highest BCUT2D eigenvalue weighted by Crippen LogP contribution is 2.40. The van der Waals surface area contributed by atoms with E-state index in [0.29, 0.717) is 81.5 Å². The van der Waals surface area contributed by atoms with E-state index in [-0.39, 0.29) is 18.2 Å². The van der Waals surface area contributed by atoms with Crippen LogP contribution in [0.4, 0.5) is 17.2 Å². The molecule has 6 aromatic rings. The fourth-order valence-corrected chi connectivity index (χ4v) is 8.94. The summed E-state index contributed by atoms with van der Waals surface area (Å²) in [7, 11) is 0. The Morgan fingerprint density at radius 3 is 2.33 bits per heavy atom. The summed E-state index contributed by atoms with van der Waals surface area (Å²) >= 11 is 7.92. The Labute approximate surface area is 375 Å². The molecule has 5 heterocycles. The predicted molar refractivity (Wildman–Crippen MR) is 246 cm³/mol. The summed E-state index contributed by atoms with van der Waals surface area (Å²) in [4.78, 5) is 36.3. The van der Waals surface area contributed by atoms with Gasteiger partial charge in [-0.3, -0.25) is 19.1 Å². The van der Waals surface area contributed by atoms with Crippen molar-refractivity contribution in [1.29, 1.82) is 0 Å². The zero-order valence-electron chi connectivity index (χ0n) is 35.6. The van der Waals surface area contributed by atoms with Gasteiger partial charge in [0.1, 0.15) is 35.0 Å². The van der Waals surface area contributed by atoms with Gasteiger partial charge in [-0.1, -0.05) is 29.8 Å². The molecule has 2 amide bonds. The van der Waals surface area contributed by atoms with Gasteiger partial charge in [-0.05, 0) is 105 Å². The summed E-state index contributed by atoms with van der Waals surface area (Å²) in [6.07, 6.45) is 2.25. The highest BCUT2D eigenvalue weighted by Gasteiger charge is 2.32. The van der Waals surface area contributed by atoms with E-state index in [1.807, 2.05) is 66.1 Å². The van der Waals surface area contributed by atoms with Crippen LogP contribution in [-0.2, 0) is 30.2 Å². The number of thiophene rings is 1. The molecule has 16 heteroatoms. The SMILES string of the molecule is Cc1ccnc(NCCOCCOCCOCCOc2ccc(NC(=O)C[C@@H]3N=C(c4ccc(Cl)cc4)c4c(sc(C)c4C)-n4c(C)nnc43)cc2)c1-c1ccc2c(c1)CC(=O)N2. The third-order valence-electron chi connectivity index (χ3n) is 10.8. The molecule has 0 radical (unpaired) electrons. The van der Waals surface area contributed by atoms with Gasteiger partial charge in [0.25, 0.3) is 0 Å². The van der Waals surface area contributed by atoms with Crippen LogP contribution in [0, 0.1) is 27.7 Å². The van der Waals surface area contributed by atoms with E-state index in [4.69, 9.17) is 35.5 Å². The van der Waals surface area contributed by atoms with E-state index >= 15 is 0 Å². The number of halogens is 1. The molecule has 0 saturated heterocycles. The molecule has 2 aliphatic rings. The first-order chi connectivity index (χ1) is 30.6. The number of rotatable bonds is 19. The number of ether oxygens (including phenoxy) is 4. The Morgan fingerprint density at radius 1 is 0.857 bits per heavy atom. The lowest BCUT2D eigenvalue weighted by molar-refractivity contribution is -0.117. The Kier molecular flexibility index (Phi) is 13.9. The first-order valence-corrected chi connectivity index (χ1v) is 22.1. The van der Waals surface area contributed by atoms with Crippen molar-refractivity contribution in [3.05, 3.63) is 128 Å². The second-order valence-electron chi connectivity index (χ2n) is 15.2. The number of aromatic nitrogens is 4. The van der Waals surface area contributed by atoms with E-state index in [9.17, 15) is 9.59 Å². The number of nitrogens with zero attached hydrogens (tertiary/aromatic N) is 5. The smallest absolute Gasteiger partial charge is 0.228 e. The number of aliphatic imine (C=N–C) groups is 1. The van der Waals surface area contributed by atoms with Gasteiger partial charge in [0.05, 0.1) is 58.2 Å². The van der Waals surface area contributed by atoms with Crippen molar-refractivity contribution in [1.82, 2.24) is 19.7 Å². The van der Waals surface area contributed by atoms with Crippen molar-refractivity contribution in [3.63, 3.8) is 0 Å². The number of carbonyl (C=O) groups excluding carboxylic acids is 2. The molecule has 0 bridgehead atoms. The molecule has 1 atom stereocenters. The van der Waals surface area contributed by atoms with Crippen LogP contribution in [0.1, 0.15) is 56.8 Å². The van der Waals surface area contributed by atoms with Crippen LogP contribution in [-0.4, -0.2) is 90.1 Å². The third kappa shape index (κ3) is 10.3. The van der Waals surface area contributed by atoms with E-state index in [0.717, 1.165) is 67.0 Å². The van der Waals surface area contributed by atoms with Crippen LogP contribution in [0.5, 0.6) is 5.75 Å². The minimum absolute atomic E-state index is 0.0163. The molecule has 14 nitrogen and oxygen atoms in total. The lowest BCUT2D eigenvalue weighted by Crippen LogP contribution is -2.17. The number of nitrogens with one attached hydrogen (secondary N) is 3. The van der Waals surface area contributed by atoms with Crippen LogP contribution < -0.4 is 20.7 Å². The maximum Gasteiger partial charge on any atom is 0.228 e. The van der Waals surface area contributed by atoms with E-state index in [1.54, 1.807) is 29.7 Å². The minimum atomic E-state index is -0.571. The Bertz CT molecular complexity index is 2630. The topological polar surface area (TPSA) is 163 Å². The molecule has 0 unspecified atom stereocenters. The monoisotopic (exact) mass is 888 g/mol. The molecule has 0 spiro atoms. The van der Waals surface area contributed by atoms with Crippen molar-refractivity contribution < 1.29 is 28.5 Å². The van der Waals surface area contributed by atoms with E-state index in [1.165, 1.54) is 4.88 Å². The average molecular weight is 889 g/mol. The number of amides is 2. The molecular weight excluding hydrogens is 840 g/mol. The zero-order chi connectivity index (χ0) is 43.9. The first-order valence-electron chi connectivity index (χ1n) is 20.9. The standard InChI is InChI=1S/C47H49ClN8O6S/c1-28-15-16-49-45(42(28)33-7-14-38-34(25-33)26-40(57)52-38)50-17-18-59-19-20-60-21-22-61-23-24-62-37-12-10-36(11-13-37)51-41(58)27-39-46-55-54-31(4)56(46)47-43(29(2)30(3)63-47)44(53-39)32-5-8-35(48)9-6-32/h5-16,25,39H,17-24,26-27H2,1-4H3,(H,49,50)(H,51,58)(H,52,57)/t39-/m0/s1. The molecule has 0 saturated carbocycles. The van der Waals surface area contributed by atoms with Crippen LogP contribution >= 0.6 is 22.9 Å². The summed E-state index contributed by atoms with van der Waals surface area (Å²) in [5.74, 6) is 2.62. The molecule has 2 aliphatic heterocycles.